The molecule has 0 saturated heterocycles. The monoisotopic (exact) mass is 339 g/mol. The van der Waals surface area contributed by atoms with Gasteiger partial charge in [-0.1, -0.05) is 47.8 Å². The molecule has 4 heteroatoms. The van der Waals surface area contributed by atoms with Gasteiger partial charge in [-0.05, 0) is 37.0 Å². The standard InChI is InChI=1S/C16H22BrNO2/c1-11(10-12-6-8-13(17)9-7-12)16(20)18-14-4-2-3-5-15(14)19/h6-9,11,14-15,19H,2-5,10H2,1H3,(H,18,20). The average Bonchev–Trinajstić information content (AvgIpc) is 2.44. The van der Waals surface area contributed by atoms with Gasteiger partial charge in [-0.3, -0.25) is 4.79 Å². The fraction of sp³-hybridized carbons (Fsp3) is 0.562. The fourth-order valence-electron chi connectivity index (χ4n) is 2.67. The summed E-state index contributed by atoms with van der Waals surface area (Å²) in [7, 11) is 0. The molecule has 20 heavy (non-hydrogen) atoms. The molecule has 1 amide bonds. The van der Waals surface area contributed by atoms with Crippen LogP contribution >= 0.6 is 15.9 Å². The third-order valence-corrected chi connectivity index (χ3v) is 4.49. The van der Waals surface area contributed by atoms with Crippen LogP contribution in [0.5, 0.6) is 0 Å². The molecule has 1 fully saturated rings. The summed E-state index contributed by atoms with van der Waals surface area (Å²) in [5.74, 6) is -0.0378. The normalized spacial score (nSPS) is 24.1. The second kappa shape index (κ2) is 7.23. The van der Waals surface area contributed by atoms with E-state index in [1.807, 2.05) is 31.2 Å². The molecule has 2 rings (SSSR count). The summed E-state index contributed by atoms with van der Waals surface area (Å²) in [4.78, 5) is 12.2. The minimum Gasteiger partial charge on any atom is -0.391 e. The number of carbonyl (C=O) groups is 1. The SMILES string of the molecule is CC(Cc1ccc(Br)cc1)C(=O)NC1CCCCC1O. The van der Waals surface area contributed by atoms with Crippen LogP contribution in [0.25, 0.3) is 0 Å². The van der Waals surface area contributed by atoms with Gasteiger partial charge in [0.1, 0.15) is 0 Å². The Morgan fingerprint density at radius 2 is 2.00 bits per heavy atom. The lowest BCUT2D eigenvalue weighted by Crippen LogP contribution is -2.47. The molecule has 0 heterocycles. The lowest BCUT2D eigenvalue weighted by molar-refractivity contribution is -0.126. The summed E-state index contributed by atoms with van der Waals surface area (Å²) in [5, 5.41) is 12.9. The van der Waals surface area contributed by atoms with Crippen LogP contribution in [0, 0.1) is 5.92 Å². The van der Waals surface area contributed by atoms with E-state index in [2.05, 4.69) is 21.2 Å². The minimum absolute atomic E-state index is 0.0406. The number of benzene rings is 1. The quantitative estimate of drug-likeness (QED) is 0.885. The first-order valence-corrected chi connectivity index (χ1v) is 8.08. The van der Waals surface area contributed by atoms with Gasteiger partial charge >= 0.3 is 0 Å². The molecule has 1 aliphatic carbocycles. The number of aliphatic hydroxyl groups is 1. The van der Waals surface area contributed by atoms with Crippen LogP contribution < -0.4 is 5.32 Å². The fourth-order valence-corrected chi connectivity index (χ4v) is 2.94. The van der Waals surface area contributed by atoms with Crippen LogP contribution in [0.3, 0.4) is 0 Å². The van der Waals surface area contributed by atoms with Gasteiger partial charge in [0.15, 0.2) is 0 Å². The van der Waals surface area contributed by atoms with Gasteiger partial charge in [-0.2, -0.15) is 0 Å². The number of nitrogens with one attached hydrogen (secondary N) is 1. The van der Waals surface area contributed by atoms with Crippen molar-refractivity contribution in [2.45, 2.75) is 51.2 Å². The number of halogens is 1. The highest BCUT2D eigenvalue weighted by molar-refractivity contribution is 9.10. The van der Waals surface area contributed by atoms with Crippen molar-refractivity contribution in [2.75, 3.05) is 0 Å². The summed E-state index contributed by atoms with van der Waals surface area (Å²) in [5.41, 5.74) is 1.15. The molecular weight excluding hydrogens is 318 g/mol. The third kappa shape index (κ3) is 4.32. The molecule has 0 radical (unpaired) electrons. The highest BCUT2D eigenvalue weighted by Gasteiger charge is 2.26. The smallest absolute Gasteiger partial charge is 0.223 e. The molecule has 2 N–H and O–H groups in total. The molecule has 3 unspecified atom stereocenters. The summed E-state index contributed by atoms with van der Waals surface area (Å²) >= 11 is 3.41. The van der Waals surface area contributed by atoms with Crippen molar-refractivity contribution >= 4 is 21.8 Å². The Hall–Kier alpha value is -0.870. The molecule has 3 atom stereocenters. The van der Waals surface area contributed by atoms with Crippen LogP contribution in [-0.4, -0.2) is 23.2 Å². The van der Waals surface area contributed by atoms with Crippen molar-refractivity contribution in [3.8, 4) is 0 Å². The first kappa shape index (κ1) is 15.5. The first-order chi connectivity index (χ1) is 9.56. The Morgan fingerprint density at radius 3 is 2.65 bits per heavy atom. The van der Waals surface area contributed by atoms with Crippen molar-refractivity contribution in [1.29, 1.82) is 0 Å². The number of amides is 1. The van der Waals surface area contributed by atoms with Gasteiger partial charge in [-0.25, -0.2) is 0 Å². The molecule has 1 aromatic carbocycles. The van der Waals surface area contributed by atoms with Gasteiger partial charge in [-0.15, -0.1) is 0 Å². The molecule has 110 valence electrons. The lowest BCUT2D eigenvalue weighted by atomic mass is 9.91. The maximum Gasteiger partial charge on any atom is 0.223 e. The van der Waals surface area contributed by atoms with Gasteiger partial charge < -0.3 is 10.4 Å². The van der Waals surface area contributed by atoms with Crippen molar-refractivity contribution in [3.63, 3.8) is 0 Å². The number of hydrogen-bond acceptors (Lipinski definition) is 2. The number of hydrogen-bond donors (Lipinski definition) is 2. The van der Waals surface area contributed by atoms with E-state index in [-0.39, 0.29) is 24.0 Å². The largest absolute Gasteiger partial charge is 0.391 e. The minimum atomic E-state index is -0.382. The van der Waals surface area contributed by atoms with Gasteiger partial charge in [0.2, 0.25) is 5.91 Å². The lowest BCUT2D eigenvalue weighted by Gasteiger charge is -2.29. The second-order valence-electron chi connectivity index (χ2n) is 5.70. The summed E-state index contributed by atoms with van der Waals surface area (Å²) in [6.07, 6.45) is 4.17. The van der Waals surface area contributed by atoms with Gasteiger partial charge in [0, 0.05) is 10.4 Å². The van der Waals surface area contributed by atoms with Crippen LogP contribution in [0.4, 0.5) is 0 Å². The summed E-state index contributed by atoms with van der Waals surface area (Å²) < 4.78 is 1.05. The van der Waals surface area contributed by atoms with E-state index in [1.165, 1.54) is 0 Å². The van der Waals surface area contributed by atoms with Crippen LogP contribution in [0.2, 0.25) is 0 Å². The highest BCUT2D eigenvalue weighted by Crippen LogP contribution is 2.19. The average molecular weight is 340 g/mol. The maximum atomic E-state index is 12.2. The Kier molecular flexibility index (Phi) is 5.61. The Bertz CT molecular complexity index is 446. The molecule has 3 nitrogen and oxygen atoms in total. The predicted octanol–water partition coefficient (Wildman–Crippen LogP) is 3.05. The van der Waals surface area contributed by atoms with Crippen LogP contribution in [-0.2, 0) is 11.2 Å². The van der Waals surface area contributed by atoms with Crippen molar-refractivity contribution in [2.24, 2.45) is 5.92 Å². The first-order valence-electron chi connectivity index (χ1n) is 7.29. The molecule has 0 bridgehead atoms. The Labute approximate surface area is 128 Å². The summed E-state index contributed by atoms with van der Waals surface area (Å²) in [6.45, 7) is 1.94. The van der Waals surface area contributed by atoms with E-state index in [1.54, 1.807) is 0 Å². The highest BCUT2D eigenvalue weighted by atomic mass is 79.9. The van der Waals surface area contributed by atoms with Crippen molar-refractivity contribution < 1.29 is 9.90 Å². The number of carbonyl (C=O) groups excluding carboxylic acids is 1. The zero-order valence-electron chi connectivity index (χ0n) is 11.8. The summed E-state index contributed by atoms with van der Waals surface area (Å²) in [6, 6.07) is 7.98. The molecule has 0 spiro atoms. The van der Waals surface area contributed by atoms with E-state index in [4.69, 9.17) is 0 Å². The van der Waals surface area contributed by atoms with Crippen LogP contribution in [0.15, 0.2) is 28.7 Å². The van der Waals surface area contributed by atoms with Crippen molar-refractivity contribution in [1.82, 2.24) is 5.32 Å². The molecular formula is C16H22BrNO2. The molecule has 1 aliphatic rings. The third-order valence-electron chi connectivity index (χ3n) is 3.96. The van der Waals surface area contributed by atoms with Crippen molar-refractivity contribution in [3.05, 3.63) is 34.3 Å². The van der Waals surface area contributed by atoms with E-state index >= 15 is 0 Å². The molecule has 1 saturated carbocycles. The predicted molar refractivity (Wildman–Crippen MR) is 83.4 cm³/mol. The van der Waals surface area contributed by atoms with Gasteiger partial charge in [0.05, 0.1) is 12.1 Å². The Morgan fingerprint density at radius 1 is 1.35 bits per heavy atom. The zero-order valence-corrected chi connectivity index (χ0v) is 13.4. The van der Waals surface area contributed by atoms with E-state index in [0.29, 0.717) is 0 Å². The van der Waals surface area contributed by atoms with E-state index in [9.17, 15) is 9.90 Å². The van der Waals surface area contributed by atoms with E-state index in [0.717, 1.165) is 42.1 Å². The molecule has 1 aromatic rings. The molecule has 0 aliphatic heterocycles. The Balaban J connectivity index is 1.86. The maximum absolute atomic E-state index is 12.2. The van der Waals surface area contributed by atoms with E-state index < -0.39 is 0 Å². The second-order valence-corrected chi connectivity index (χ2v) is 6.61. The van der Waals surface area contributed by atoms with Crippen LogP contribution in [0.1, 0.15) is 38.2 Å². The zero-order chi connectivity index (χ0) is 14.5. The topological polar surface area (TPSA) is 49.3 Å². The molecule has 0 aromatic heterocycles. The number of aliphatic hydroxyl groups excluding tert-OH is 1. The number of rotatable bonds is 4. The van der Waals surface area contributed by atoms with Gasteiger partial charge in [0.25, 0.3) is 0 Å².